The molecule has 224 valence electrons. The molecule has 0 saturated carbocycles. The fourth-order valence-corrected chi connectivity index (χ4v) is 6.68. The van der Waals surface area contributed by atoms with Crippen LogP contribution in [0.2, 0.25) is 0 Å². The number of nitrogens with two attached hydrogens (primary N) is 3. The van der Waals surface area contributed by atoms with Crippen molar-refractivity contribution in [3.05, 3.63) is 42.5 Å². The number of hydrogen-bond acceptors (Lipinski definition) is 7. The summed E-state index contributed by atoms with van der Waals surface area (Å²) in [6.07, 6.45) is 2.66. The number of hydrogen-bond donors (Lipinski definition) is 6. The minimum Gasteiger partial charge on any atom is -0.480 e. The monoisotopic (exact) mass is 588 g/mol. The smallest absolute Gasteiger partial charge is 0.331 e. The van der Waals surface area contributed by atoms with Crippen LogP contribution in [0.3, 0.4) is 0 Å². The topological polar surface area (TPSA) is 223 Å². The van der Waals surface area contributed by atoms with Gasteiger partial charge in [-0.15, -0.1) is 0 Å². The zero-order valence-electron chi connectivity index (χ0n) is 23.2. The van der Waals surface area contributed by atoms with Gasteiger partial charge in [0.05, 0.1) is 16.9 Å². The number of carbonyl (C=O) groups is 3. The summed E-state index contributed by atoms with van der Waals surface area (Å²) in [5, 5.41) is 19.2. The van der Waals surface area contributed by atoms with Gasteiger partial charge >= 0.3 is 5.97 Å². The molecule has 1 heterocycles. The molecule has 4 atom stereocenters. The van der Waals surface area contributed by atoms with Crippen LogP contribution in [-0.4, -0.2) is 66.7 Å². The fourth-order valence-electron chi connectivity index (χ4n) is 5.41. The number of guanidine groups is 1. The summed E-state index contributed by atoms with van der Waals surface area (Å²) in [4.78, 5) is 40.7. The van der Waals surface area contributed by atoms with Crippen molar-refractivity contribution in [2.45, 2.75) is 68.3 Å². The van der Waals surface area contributed by atoms with E-state index in [9.17, 15) is 27.9 Å². The molecule has 3 rings (SSSR count). The number of likely N-dealkylation sites (tertiary alicyclic amines) is 1. The van der Waals surface area contributed by atoms with E-state index in [1.54, 1.807) is 23.1 Å². The van der Waals surface area contributed by atoms with Crippen molar-refractivity contribution < 1.29 is 27.9 Å². The zero-order valence-corrected chi connectivity index (χ0v) is 24.0. The van der Waals surface area contributed by atoms with Gasteiger partial charge in [-0.05, 0) is 54.5 Å². The molecule has 1 aliphatic rings. The molecule has 9 N–H and O–H groups in total. The first-order chi connectivity index (χ1) is 19.3. The van der Waals surface area contributed by atoms with E-state index in [1.165, 1.54) is 12.1 Å². The zero-order chi connectivity index (χ0) is 30.4. The van der Waals surface area contributed by atoms with Gasteiger partial charge in [0.15, 0.2) is 17.3 Å². The molecule has 2 aromatic carbocycles. The predicted molar refractivity (Wildman–Crippen MR) is 155 cm³/mol. The van der Waals surface area contributed by atoms with Gasteiger partial charge in [0.1, 0.15) is 0 Å². The number of fused-ring (bicyclic) bond motifs is 1. The molecule has 12 nitrogen and oxygen atoms in total. The third-order valence-electron chi connectivity index (χ3n) is 7.81. The highest BCUT2D eigenvalue weighted by molar-refractivity contribution is 7.89. The third kappa shape index (κ3) is 7.60. The molecule has 0 spiro atoms. The largest absolute Gasteiger partial charge is 0.480 e. The number of primary amides is 1. The van der Waals surface area contributed by atoms with Gasteiger partial charge in [0, 0.05) is 13.1 Å². The number of benzene rings is 2. The van der Waals surface area contributed by atoms with Crippen LogP contribution >= 0.6 is 0 Å². The Morgan fingerprint density at radius 3 is 2.44 bits per heavy atom. The molecule has 0 aliphatic carbocycles. The molecular formula is C28H40N6O6S. The number of carboxylic acid groups (broad SMARTS) is 1. The van der Waals surface area contributed by atoms with Gasteiger partial charge in [0.25, 0.3) is 0 Å². The molecule has 2 aromatic rings. The van der Waals surface area contributed by atoms with Crippen LogP contribution in [0.4, 0.5) is 0 Å². The predicted octanol–water partition coefficient (Wildman–Crippen LogP) is 1.52. The van der Waals surface area contributed by atoms with Gasteiger partial charge in [-0.3, -0.25) is 15.0 Å². The first kappa shape index (κ1) is 32.0. The van der Waals surface area contributed by atoms with Gasteiger partial charge in [0.2, 0.25) is 15.9 Å². The average Bonchev–Trinajstić information content (AvgIpc) is 2.94. The Hall–Kier alpha value is -3.55. The summed E-state index contributed by atoms with van der Waals surface area (Å²) in [6.45, 7) is 2.76. The van der Waals surface area contributed by atoms with Crippen LogP contribution in [-0.2, 0) is 24.4 Å². The standard InChI is InChI=1S/C28H40N6O6S/c1-2-3-6-13-28(32,26(37)38)24(35)23(22(25(29)36)15-18-8-7-14-34(17-18)27(30)31)33-41(39,40)21-12-11-19-9-4-5-10-20(19)16-21/h4-5,9-12,16,18,22-23,33H,2-3,6-8,13-15,17,32H2,1H3,(H2,29,36)(H3,30,31)(H,37,38). The van der Waals surface area contributed by atoms with Crippen molar-refractivity contribution in [2.24, 2.45) is 29.0 Å². The molecule has 1 aliphatic heterocycles. The Balaban J connectivity index is 2.04. The lowest BCUT2D eigenvalue weighted by molar-refractivity contribution is -0.150. The van der Waals surface area contributed by atoms with Crippen molar-refractivity contribution in [1.29, 1.82) is 5.41 Å². The number of rotatable bonds is 14. The molecule has 0 bridgehead atoms. The Labute approximate surface area is 240 Å². The maximum absolute atomic E-state index is 14.0. The van der Waals surface area contributed by atoms with Crippen LogP contribution in [0.1, 0.15) is 51.9 Å². The normalized spacial score (nSPS) is 18.8. The molecule has 1 fully saturated rings. The van der Waals surface area contributed by atoms with Crippen molar-refractivity contribution in [1.82, 2.24) is 9.62 Å². The van der Waals surface area contributed by atoms with Gasteiger partial charge in [-0.1, -0.05) is 56.5 Å². The van der Waals surface area contributed by atoms with Crippen LogP contribution in [0.25, 0.3) is 10.8 Å². The van der Waals surface area contributed by atoms with Crippen LogP contribution < -0.4 is 21.9 Å². The van der Waals surface area contributed by atoms with E-state index in [0.29, 0.717) is 44.2 Å². The first-order valence-corrected chi connectivity index (χ1v) is 15.2. The highest BCUT2D eigenvalue weighted by Gasteiger charge is 2.50. The second-order valence-corrected chi connectivity index (χ2v) is 12.5. The summed E-state index contributed by atoms with van der Waals surface area (Å²) in [5.41, 5.74) is 15.2. The minimum absolute atomic E-state index is 0.0274. The summed E-state index contributed by atoms with van der Waals surface area (Å²) < 4.78 is 29.6. The number of amides is 1. The highest BCUT2D eigenvalue weighted by atomic mass is 32.2. The number of Topliss-reactive ketones (excluding diaryl/α,β-unsaturated/α-hetero) is 1. The van der Waals surface area contributed by atoms with Crippen LogP contribution in [0.15, 0.2) is 47.4 Å². The lowest BCUT2D eigenvalue weighted by Crippen LogP contribution is -2.64. The maximum atomic E-state index is 14.0. The number of unbranched alkanes of at least 4 members (excludes halogenated alkanes) is 2. The highest BCUT2D eigenvalue weighted by Crippen LogP contribution is 2.29. The SMILES string of the molecule is CCCCCC(N)(C(=O)O)C(=O)C(NS(=O)(=O)c1ccc2ccccc2c1)C(CC1CCCN(C(=N)N)C1)C(N)=O. The number of ketones is 1. The molecule has 0 aromatic heterocycles. The second kappa shape index (κ2) is 13.4. The van der Waals surface area contributed by atoms with Gasteiger partial charge in [-0.25, -0.2) is 13.2 Å². The van der Waals surface area contributed by atoms with E-state index in [0.717, 1.165) is 11.8 Å². The minimum atomic E-state index is -4.44. The Kier molecular flexibility index (Phi) is 10.5. The second-order valence-electron chi connectivity index (χ2n) is 10.8. The summed E-state index contributed by atoms with van der Waals surface area (Å²) in [7, 11) is -4.44. The van der Waals surface area contributed by atoms with E-state index in [4.69, 9.17) is 22.6 Å². The van der Waals surface area contributed by atoms with Gasteiger partial charge in [-0.2, -0.15) is 4.72 Å². The Bertz CT molecular complexity index is 1400. The summed E-state index contributed by atoms with van der Waals surface area (Å²) in [6, 6.07) is 9.68. The quantitative estimate of drug-likeness (QED) is 0.0813. The number of sulfonamides is 1. The molecule has 1 saturated heterocycles. The number of aliphatic carboxylic acids is 1. The summed E-state index contributed by atoms with van der Waals surface area (Å²) in [5.74, 6) is -5.51. The van der Waals surface area contributed by atoms with E-state index in [2.05, 4.69) is 4.72 Å². The fraction of sp³-hybridized carbons (Fsp3) is 0.500. The van der Waals surface area contributed by atoms with Crippen LogP contribution in [0, 0.1) is 17.2 Å². The van der Waals surface area contributed by atoms with E-state index < -0.39 is 45.2 Å². The van der Waals surface area contributed by atoms with E-state index >= 15 is 0 Å². The molecule has 1 amide bonds. The van der Waals surface area contributed by atoms with Crippen LogP contribution in [0.5, 0.6) is 0 Å². The maximum Gasteiger partial charge on any atom is 0.331 e. The Morgan fingerprint density at radius 2 is 1.83 bits per heavy atom. The molecule has 0 radical (unpaired) electrons. The summed E-state index contributed by atoms with van der Waals surface area (Å²) >= 11 is 0. The van der Waals surface area contributed by atoms with E-state index in [1.807, 2.05) is 19.1 Å². The number of carboxylic acids is 1. The van der Waals surface area contributed by atoms with Crippen molar-refractivity contribution >= 4 is 44.4 Å². The first-order valence-electron chi connectivity index (χ1n) is 13.8. The molecule has 4 unspecified atom stereocenters. The van der Waals surface area contributed by atoms with Gasteiger partial charge < -0.3 is 27.2 Å². The number of carbonyl (C=O) groups excluding carboxylic acids is 2. The lowest BCUT2D eigenvalue weighted by Gasteiger charge is -2.37. The number of nitrogens with zero attached hydrogens (tertiary/aromatic N) is 1. The number of nitrogens with one attached hydrogen (secondary N) is 2. The van der Waals surface area contributed by atoms with E-state index in [-0.39, 0.29) is 29.6 Å². The Morgan fingerprint density at radius 1 is 1.15 bits per heavy atom. The number of piperidine rings is 1. The molecular weight excluding hydrogens is 548 g/mol. The third-order valence-corrected chi connectivity index (χ3v) is 9.25. The average molecular weight is 589 g/mol. The lowest BCUT2D eigenvalue weighted by atomic mass is 9.77. The van der Waals surface area contributed by atoms with Crippen molar-refractivity contribution in [3.63, 3.8) is 0 Å². The van der Waals surface area contributed by atoms with Crippen molar-refractivity contribution in [2.75, 3.05) is 13.1 Å². The molecule has 13 heteroatoms. The molecule has 41 heavy (non-hydrogen) atoms. The van der Waals surface area contributed by atoms with Crippen molar-refractivity contribution in [3.8, 4) is 0 Å².